The predicted octanol–water partition coefficient (Wildman–Crippen LogP) is 2.71. The second kappa shape index (κ2) is 5.06. The molecule has 1 aromatic carbocycles. The van der Waals surface area contributed by atoms with E-state index in [0.29, 0.717) is 10.7 Å². The highest BCUT2D eigenvalue weighted by Crippen LogP contribution is 2.33. The van der Waals surface area contributed by atoms with Crippen molar-refractivity contribution in [3.63, 3.8) is 0 Å². The van der Waals surface area contributed by atoms with Gasteiger partial charge in [-0.3, -0.25) is 4.79 Å². The van der Waals surface area contributed by atoms with E-state index in [1.807, 2.05) is 0 Å². The van der Waals surface area contributed by atoms with Crippen LogP contribution in [0.4, 0.5) is 8.78 Å². The summed E-state index contributed by atoms with van der Waals surface area (Å²) in [6.45, 7) is 0. The van der Waals surface area contributed by atoms with Crippen LogP contribution in [0.5, 0.6) is 0 Å². The summed E-state index contributed by atoms with van der Waals surface area (Å²) in [5.74, 6) is -1.01. The SMILES string of the molecule is O=c1[nH]cnc2nc(-c3cnc(-c4c(F)cccc4F)s3)[nH]c12. The Hall–Kier alpha value is -2.94. The van der Waals surface area contributed by atoms with E-state index in [9.17, 15) is 13.6 Å². The van der Waals surface area contributed by atoms with Crippen molar-refractivity contribution >= 4 is 22.5 Å². The summed E-state index contributed by atoms with van der Waals surface area (Å²) in [5, 5.41) is 0.193. The maximum atomic E-state index is 13.8. The Kier molecular flexibility index (Phi) is 3.01. The van der Waals surface area contributed by atoms with Crippen LogP contribution >= 0.6 is 11.3 Å². The Morgan fingerprint density at radius 2 is 1.91 bits per heavy atom. The maximum Gasteiger partial charge on any atom is 0.276 e. The largest absolute Gasteiger partial charge is 0.331 e. The van der Waals surface area contributed by atoms with Gasteiger partial charge >= 0.3 is 0 Å². The molecule has 0 spiro atoms. The summed E-state index contributed by atoms with van der Waals surface area (Å²) in [5.41, 5.74) is -0.0419. The number of thiazole rings is 1. The highest BCUT2D eigenvalue weighted by atomic mass is 32.1. The number of nitrogens with one attached hydrogen (secondary N) is 2. The lowest BCUT2D eigenvalue weighted by Crippen LogP contribution is -2.05. The number of nitrogens with zero attached hydrogens (tertiary/aromatic N) is 3. The van der Waals surface area contributed by atoms with Gasteiger partial charge in [-0.05, 0) is 12.1 Å². The fourth-order valence-electron chi connectivity index (χ4n) is 2.16. The van der Waals surface area contributed by atoms with Crippen molar-refractivity contribution in [1.29, 1.82) is 0 Å². The molecule has 23 heavy (non-hydrogen) atoms. The van der Waals surface area contributed by atoms with Crippen molar-refractivity contribution in [1.82, 2.24) is 24.9 Å². The number of hydrogen-bond donors (Lipinski definition) is 2. The first kappa shape index (κ1) is 13.7. The molecule has 0 radical (unpaired) electrons. The van der Waals surface area contributed by atoms with Gasteiger partial charge in [0.2, 0.25) is 0 Å². The maximum absolute atomic E-state index is 13.8. The second-order valence-electron chi connectivity index (χ2n) is 4.64. The second-order valence-corrected chi connectivity index (χ2v) is 5.67. The third-order valence-corrected chi connectivity index (χ3v) is 4.23. The Bertz CT molecular complexity index is 1060. The number of aromatic nitrogens is 5. The molecular formula is C14H7F2N5OS. The summed E-state index contributed by atoms with van der Waals surface area (Å²) in [4.78, 5) is 29.7. The van der Waals surface area contributed by atoms with Gasteiger partial charge in [-0.15, -0.1) is 11.3 Å². The summed E-state index contributed by atoms with van der Waals surface area (Å²) < 4.78 is 27.6. The fraction of sp³-hybridized carbons (Fsp3) is 0. The van der Waals surface area contributed by atoms with Crippen molar-refractivity contribution in [3.05, 3.63) is 52.7 Å². The van der Waals surface area contributed by atoms with Crippen molar-refractivity contribution in [2.75, 3.05) is 0 Å². The molecule has 3 heterocycles. The average Bonchev–Trinajstić information content (AvgIpc) is 3.14. The standard InChI is InChI=1S/C14H7F2N5OS/c15-6-2-1-3-7(16)9(6)14-17-4-8(23-14)11-20-10-12(21-11)18-5-19-13(10)22/h1-5H,(H2,18,19,20,21,22). The van der Waals surface area contributed by atoms with Gasteiger partial charge in [-0.1, -0.05) is 6.07 Å². The molecular weight excluding hydrogens is 324 g/mol. The van der Waals surface area contributed by atoms with Crippen molar-refractivity contribution in [3.8, 4) is 21.3 Å². The zero-order valence-corrected chi connectivity index (χ0v) is 12.1. The predicted molar refractivity (Wildman–Crippen MR) is 81.0 cm³/mol. The molecule has 0 bridgehead atoms. The third kappa shape index (κ3) is 2.21. The zero-order valence-electron chi connectivity index (χ0n) is 11.3. The summed E-state index contributed by atoms with van der Waals surface area (Å²) >= 11 is 1.06. The molecule has 0 unspecified atom stereocenters. The number of imidazole rings is 1. The molecule has 4 aromatic rings. The van der Waals surface area contributed by atoms with Crippen LogP contribution in [0.1, 0.15) is 0 Å². The first-order chi connectivity index (χ1) is 11.1. The molecule has 0 fully saturated rings. The van der Waals surface area contributed by atoms with Crippen LogP contribution in [-0.2, 0) is 0 Å². The van der Waals surface area contributed by atoms with Crippen LogP contribution in [0, 0.1) is 11.6 Å². The average molecular weight is 331 g/mol. The minimum Gasteiger partial charge on any atom is -0.331 e. The molecule has 0 aliphatic carbocycles. The molecule has 0 saturated heterocycles. The highest BCUT2D eigenvalue weighted by Gasteiger charge is 2.17. The van der Waals surface area contributed by atoms with Crippen LogP contribution < -0.4 is 5.56 Å². The lowest BCUT2D eigenvalue weighted by Gasteiger charge is -1.99. The molecule has 2 N–H and O–H groups in total. The number of H-pyrrole nitrogens is 2. The Balaban J connectivity index is 1.84. The van der Waals surface area contributed by atoms with Gasteiger partial charge in [0.05, 0.1) is 16.8 Å². The lowest BCUT2D eigenvalue weighted by atomic mass is 10.2. The molecule has 9 heteroatoms. The first-order valence-electron chi connectivity index (χ1n) is 6.47. The molecule has 6 nitrogen and oxygen atoms in total. The van der Waals surface area contributed by atoms with E-state index in [1.54, 1.807) is 0 Å². The molecule has 4 rings (SSSR count). The van der Waals surface area contributed by atoms with E-state index < -0.39 is 11.6 Å². The Morgan fingerprint density at radius 3 is 2.65 bits per heavy atom. The lowest BCUT2D eigenvalue weighted by molar-refractivity contribution is 0.589. The van der Waals surface area contributed by atoms with Gasteiger partial charge < -0.3 is 9.97 Å². The normalized spacial score (nSPS) is 11.2. The smallest absolute Gasteiger partial charge is 0.276 e. The topological polar surface area (TPSA) is 87.3 Å². The summed E-state index contributed by atoms with van der Waals surface area (Å²) in [6.07, 6.45) is 2.69. The van der Waals surface area contributed by atoms with Crippen LogP contribution in [-0.4, -0.2) is 24.9 Å². The Labute approximate surface area is 130 Å². The minimum atomic E-state index is -0.686. The number of aromatic amines is 2. The Morgan fingerprint density at radius 1 is 1.13 bits per heavy atom. The monoisotopic (exact) mass is 331 g/mol. The summed E-state index contributed by atoms with van der Waals surface area (Å²) in [7, 11) is 0. The van der Waals surface area contributed by atoms with E-state index in [4.69, 9.17) is 0 Å². The van der Waals surface area contributed by atoms with Crippen LogP contribution in [0.2, 0.25) is 0 Å². The van der Waals surface area contributed by atoms with E-state index in [0.717, 1.165) is 11.3 Å². The molecule has 114 valence electrons. The van der Waals surface area contributed by atoms with Gasteiger partial charge in [0.1, 0.15) is 16.6 Å². The molecule has 0 aliphatic heterocycles. The van der Waals surface area contributed by atoms with E-state index in [2.05, 4.69) is 24.9 Å². The highest BCUT2D eigenvalue weighted by molar-refractivity contribution is 7.18. The van der Waals surface area contributed by atoms with Crippen LogP contribution in [0.25, 0.3) is 32.4 Å². The number of rotatable bonds is 2. The fourth-order valence-corrected chi connectivity index (χ4v) is 3.07. The van der Waals surface area contributed by atoms with Gasteiger partial charge in [0, 0.05) is 6.20 Å². The van der Waals surface area contributed by atoms with Crippen molar-refractivity contribution in [2.24, 2.45) is 0 Å². The molecule has 0 atom stereocenters. The van der Waals surface area contributed by atoms with E-state index in [-0.39, 0.29) is 27.3 Å². The van der Waals surface area contributed by atoms with Crippen LogP contribution in [0.15, 0.2) is 35.5 Å². The van der Waals surface area contributed by atoms with E-state index >= 15 is 0 Å². The number of fused-ring (bicyclic) bond motifs is 1. The minimum absolute atomic E-state index is 0.184. The molecule has 0 amide bonds. The van der Waals surface area contributed by atoms with Gasteiger partial charge in [-0.2, -0.15) is 0 Å². The van der Waals surface area contributed by atoms with Crippen LogP contribution in [0.3, 0.4) is 0 Å². The zero-order chi connectivity index (χ0) is 16.0. The number of benzene rings is 1. The first-order valence-corrected chi connectivity index (χ1v) is 7.29. The molecule has 0 aliphatic rings. The molecule has 0 saturated carbocycles. The van der Waals surface area contributed by atoms with Crippen molar-refractivity contribution in [2.45, 2.75) is 0 Å². The number of hydrogen-bond acceptors (Lipinski definition) is 5. The van der Waals surface area contributed by atoms with E-state index in [1.165, 1.54) is 30.7 Å². The number of halogens is 2. The summed E-state index contributed by atoms with van der Waals surface area (Å²) in [6, 6.07) is 3.63. The third-order valence-electron chi connectivity index (χ3n) is 3.21. The van der Waals surface area contributed by atoms with Gasteiger partial charge in [-0.25, -0.2) is 23.7 Å². The van der Waals surface area contributed by atoms with Crippen molar-refractivity contribution < 1.29 is 8.78 Å². The van der Waals surface area contributed by atoms with Gasteiger partial charge in [0.25, 0.3) is 5.56 Å². The molecule has 3 aromatic heterocycles. The quantitative estimate of drug-likeness (QED) is 0.591. The van der Waals surface area contributed by atoms with Gasteiger partial charge in [0.15, 0.2) is 17.0 Å².